The summed E-state index contributed by atoms with van der Waals surface area (Å²) in [6.45, 7) is 2.30. The van der Waals surface area contributed by atoms with Crippen LogP contribution in [0.3, 0.4) is 0 Å². The van der Waals surface area contributed by atoms with Gasteiger partial charge in [0.15, 0.2) is 11.0 Å². The second kappa shape index (κ2) is 9.82. The first-order chi connectivity index (χ1) is 13.2. The van der Waals surface area contributed by atoms with E-state index in [4.69, 9.17) is 9.47 Å². The first-order valence-electron chi connectivity index (χ1n) is 8.86. The highest BCUT2D eigenvalue weighted by atomic mass is 32.2. The number of aromatic nitrogens is 3. The molecule has 0 radical (unpaired) electrons. The van der Waals surface area contributed by atoms with Crippen molar-refractivity contribution < 1.29 is 18.7 Å². The van der Waals surface area contributed by atoms with E-state index in [1.165, 1.54) is 23.9 Å². The van der Waals surface area contributed by atoms with Crippen LogP contribution in [0, 0.1) is 5.82 Å². The molecule has 2 heterocycles. The second-order valence-electron chi connectivity index (χ2n) is 6.19. The van der Waals surface area contributed by atoms with Crippen LogP contribution in [0.4, 0.5) is 4.39 Å². The molecule has 1 saturated heterocycles. The van der Waals surface area contributed by atoms with E-state index in [1.54, 1.807) is 19.2 Å². The van der Waals surface area contributed by atoms with Crippen molar-refractivity contribution in [2.75, 3.05) is 32.6 Å². The van der Waals surface area contributed by atoms with Gasteiger partial charge < -0.3 is 14.8 Å². The molecule has 27 heavy (non-hydrogen) atoms. The molecule has 0 saturated carbocycles. The molecule has 7 nitrogen and oxygen atoms in total. The number of hydrogen-bond acceptors (Lipinski definition) is 6. The number of nitrogens with zero attached hydrogens (tertiary/aromatic N) is 3. The summed E-state index contributed by atoms with van der Waals surface area (Å²) in [4.78, 5) is 12.0. The van der Waals surface area contributed by atoms with Crippen LogP contribution in [0.2, 0.25) is 0 Å². The summed E-state index contributed by atoms with van der Waals surface area (Å²) >= 11 is 1.32. The second-order valence-corrected chi connectivity index (χ2v) is 7.13. The van der Waals surface area contributed by atoms with E-state index in [0.29, 0.717) is 30.7 Å². The van der Waals surface area contributed by atoms with Gasteiger partial charge in [-0.2, -0.15) is 0 Å². The summed E-state index contributed by atoms with van der Waals surface area (Å²) in [5, 5.41) is 11.9. The number of hydrogen-bond donors (Lipinski definition) is 1. The van der Waals surface area contributed by atoms with Crippen LogP contribution < -0.4 is 5.32 Å². The molecule has 2 aromatic rings. The summed E-state index contributed by atoms with van der Waals surface area (Å²) in [6.07, 6.45) is 2.10. The molecule has 1 aliphatic heterocycles. The van der Waals surface area contributed by atoms with Gasteiger partial charge in [-0.05, 0) is 37.1 Å². The zero-order chi connectivity index (χ0) is 19.1. The van der Waals surface area contributed by atoms with Gasteiger partial charge in [0, 0.05) is 25.8 Å². The van der Waals surface area contributed by atoms with E-state index in [-0.39, 0.29) is 23.6 Å². The predicted molar refractivity (Wildman–Crippen MR) is 100.0 cm³/mol. The van der Waals surface area contributed by atoms with Crippen molar-refractivity contribution in [3.63, 3.8) is 0 Å². The Bertz CT molecular complexity index is 748. The Labute approximate surface area is 161 Å². The minimum atomic E-state index is -0.300. The van der Waals surface area contributed by atoms with Crippen molar-refractivity contribution in [1.82, 2.24) is 20.1 Å². The number of carbonyl (C=O) groups excluding carboxylic acids is 1. The maximum absolute atomic E-state index is 13.3. The van der Waals surface area contributed by atoms with E-state index in [9.17, 15) is 9.18 Å². The highest BCUT2D eigenvalue weighted by Crippen LogP contribution is 2.26. The summed E-state index contributed by atoms with van der Waals surface area (Å²) < 4.78 is 25.9. The molecule has 3 rings (SSSR count). The zero-order valence-corrected chi connectivity index (χ0v) is 16.0. The molecule has 9 heteroatoms. The van der Waals surface area contributed by atoms with Gasteiger partial charge in [-0.1, -0.05) is 11.8 Å². The largest absolute Gasteiger partial charge is 0.383 e. The average Bonchev–Trinajstić information content (AvgIpc) is 3.32. The number of ether oxygens (including phenoxy) is 2. The Balaban J connectivity index is 1.74. The van der Waals surface area contributed by atoms with Crippen LogP contribution in [-0.4, -0.2) is 59.4 Å². The van der Waals surface area contributed by atoms with Crippen molar-refractivity contribution >= 4 is 17.7 Å². The molecule has 0 unspecified atom stereocenters. The van der Waals surface area contributed by atoms with Gasteiger partial charge in [-0.25, -0.2) is 4.39 Å². The Morgan fingerprint density at radius 1 is 1.41 bits per heavy atom. The topological polar surface area (TPSA) is 78.3 Å². The number of benzene rings is 1. The van der Waals surface area contributed by atoms with Crippen LogP contribution in [0.25, 0.3) is 11.4 Å². The third kappa shape index (κ3) is 5.50. The van der Waals surface area contributed by atoms with Gasteiger partial charge in [0.05, 0.1) is 25.0 Å². The van der Waals surface area contributed by atoms with Gasteiger partial charge >= 0.3 is 0 Å². The molecule has 146 valence electrons. The highest BCUT2D eigenvalue weighted by Gasteiger charge is 2.22. The minimum absolute atomic E-state index is 0.0907. The van der Waals surface area contributed by atoms with E-state index in [0.717, 1.165) is 25.0 Å². The number of methoxy groups -OCH3 is 1. The smallest absolute Gasteiger partial charge is 0.230 e. The number of thioether (sulfide) groups is 1. The molecular formula is C18H23FN4O3S. The monoisotopic (exact) mass is 394 g/mol. The van der Waals surface area contributed by atoms with Gasteiger partial charge in [0.25, 0.3) is 0 Å². The van der Waals surface area contributed by atoms with Gasteiger partial charge in [-0.3, -0.25) is 9.36 Å². The normalized spacial score (nSPS) is 16.6. The molecule has 1 aromatic carbocycles. The molecule has 1 N–H and O–H groups in total. The van der Waals surface area contributed by atoms with E-state index >= 15 is 0 Å². The maximum Gasteiger partial charge on any atom is 0.230 e. The van der Waals surface area contributed by atoms with Gasteiger partial charge in [0.2, 0.25) is 5.91 Å². The van der Waals surface area contributed by atoms with E-state index in [1.807, 2.05) is 4.57 Å². The van der Waals surface area contributed by atoms with Crippen LogP contribution in [0.1, 0.15) is 12.8 Å². The lowest BCUT2D eigenvalue weighted by atomic mass is 10.2. The fraction of sp³-hybridized carbons (Fsp3) is 0.500. The lowest BCUT2D eigenvalue weighted by Crippen LogP contribution is -2.28. The van der Waals surface area contributed by atoms with Crippen molar-refractivity contribution in [3.8, 4) is 11.4 Å². The summed E-state index contributed by atoms with van der Waals surface area (Å²) in [7, 11) is 1.59. The SMILES string of the molecule is COCCNC(=O)CSc1nnc(-c2ccc(F)cc2)n1C[C@@H]1CCCO1. The zero-order valence-electron chi connectivity index (χ0n) is 15.2. The molecule has 1 aromatic heterocycles. The first-order valence-corrected chi connectivity index (χ1v) is 9.85. The molecule has 1 atom stereocenters. The molecular weight excluding hydrogens is 371 g/mol. The van der Waals surface area contributed by atoms with Crippen LogP contribution >= 0.6 is 11.8 Å². The van der Waals surface area contributed by atoms with Crippen molar-refractivity contribution in [2.45, 2.75) is 30.6 Å². The quantitative estimate of drug-likeness (QED) is 0.519. The van der Waals surface area contributed by atoms with Crippen LogP contribution in [0.15, 0.2) is 29.4 Å². The van der Waals surface area contributed by atoms with E-state index in [2.05, 4.69) is 15.5 Å². The predicted octanol–water partition coefficient (Wildman–Crippen LogP) is 2.12. The fourth-order valence-electron chi connectivity index (χ4n) is 2.84. The van der Waals surface area contributed by atoms with Gasteiger partial charge in [-0.15, -0.1) is 10.2 Å². The summed E-state index contributed by atoms with van der Waals surface area (Å²) in [5.41, 5.74) is 0.776. The Kier molecular flexibility index (Phi) is 7.19. The van der Waals surface area contributed by atoms with Crippen molar-refractivity contribution in [2.24, 2.45) is 0 Å². The number of rotatable bonds is 9. The first kappa shape index (κ1) is 19.8. The Morgan fingerprint density at radius 2 is 2.22 bits per heavy atom. The minimum Gasteiger partial charge on any atom is -0.383 e. The molecule has 0 spiro atoms. The number of amides is 1. The van der Waals surface area contributed by atoms with E-state index < -0.39 is 0 Å². The van der Waals surface area contributed by atoms with Crippen molar-refractivity contribution in [3.05, 3.63) is 30.1 Å². The molecule has 0 aliphatic carbocycles. The average molecular weight is 394 g/mol. The van der Waals surface area contributed by atoms with Crippen LogP contribution in [0.5, 0.6) is 0 Å². The lowest BCUT2D eigenvalue weighted by molar-refractivity contribution is -0.118. The summed E-state index contributed by atoms with van der Waals surface area (Å²) in [6, 6.07) is 6.15. The van der Waals surface area contributed by atoms with Crippen molar-refractivity contribution in [1.29, 1.82) is 0 Å². The van der Waals surface area contributed by atoms with Crippen LogP contribution in [-0.2, 0) is 20.8 Å². The maximum atomic E-state index is 13.3. The fourth-order valence-corrected chi connectivity index (χ4v) is 3.62. The lowest BCUT2D eigenvalue weighted by Gasteiger charge is -2.14. The molecule has 1 fully saturated rings. The molecule has 0 bridgehead atoms. The number of nitrogens with one attached hydrogen (secondary N) is 1. The molecule has 1 amide bonds. The number of carbonyl (C=O) groups is 1. The Morgan fingerprint density at radius 3 is 2.93 bits per heavy atom. The highest BCUT2D eigenvalue weighted by molar-refractivity contribution is 7.99. The third-order valence-corrected chi connectivity index (χ3v) is 5.16. The Hall–Kier alpha value is -1.97. The van der Waals surface area contributed by atoms with Gasteiger partial charge in [0.1, 0.15) is 5.82 Å². The summed E-state index contributed by atoms with van der Waals surface area (Å²) in [5.74, 6) is 0.489. The number of halogens is 1. The standard InChI is InChI=1S/C18H23FN4O3S/c1-25-10-8-20-16(24)12-27-18-22-21-17(13-4-6-14(19)7-5-13)23(18)11-15-3-2-9-26-15/h4-7,15H,2-3,8-12H2,1H3,(H,20,24)/t15-/m0/s1. The third-order valence-electron chi connectivity index (χ3n) is 4.19. The molecule has 1 aliphatic rings.